The Labute approximate surface area is 135 Å². The molecule has 0 spiro atoms. The third-order valence-electron chi connectivity index (χ3n) is 5.17. The average molecular weight is 324 g/mol. The van der Waals surface area contributed by atoms with Crippen molar-refractivity contribution >= 4 is 8.56 Å². The zero-order chi connectivity index (χ0) is 16.1. The quantitative estimate of drug-likeness (QED) is 0.782. The second-order valence-corrected chi connectivity index (χ2v) is 9.86. The topological polar surface area (TPSA) is 53.7 Å². The standard InChI is InChI=1S/C17H29NO3Si/c1-19-17(12-7-8-14-22(17,20-2)21-3)13-11-16(18)15-9-5-4-6-10-15/h4-6,9-10,16H,7-8,11-14,18H2,1-3H3. The van der Waals surface area contributed by atoms with Crippen LogP contribution in [0.5, 0.6) is 0 Å². The Morgan fingerprint density at radius 3 is 2.41 bits per heavy atom. The molecule has 0 aliphatic carbocycles. The van der Waals surface area contributed by atoms with Crippen LogP contribution in [-0.2, 0) is 13.6 Å². The zero-order valence-corrected chi connectivity index (χ0v) is 15.0. The van der Waals surface area contributed by atoms with Crippen molar-refractivity contribution < 1.29 is 13.6 Å². The van der Waals surface area contributed by atoms with E-state index in [1.807, 2.05) is 18.2 Å². The monoisotopic (exact) mass is 323 g/mol. The van der Waals surface area contributed by atoms with Crippen LogP contribution in [0.4, 0.5) is 0 Å². The maximum Gasteiger partial charge on any atom is 0.370 e. The maximum atomic E-state index is 6.38. The first kappa shape index (κ1) is 17.6. The van der Waals surface area contributed by atoms with E-state index in [1.165, 1.54) is 5.56 Å². The summed E-state index contributed by atoms with van der Waals surface area (Å²) in [5, 5.41) is -0.291. The number of hydrogen-bond donors (Lipinski definition) is 1. The van der Waals surface area contributed by atoms with Crippen molar-refractivity contribution in [2.75, 3.05) is 21.3 Å². The van der Waals surface area contributed by atoms with Gasteiger partial charge in [0.15, 0.2) is 0 Å². The lowest BCUT2D eigenvalue weighted by atomic mass is 9.98. The lowest BCUT2D eigenvalue weighted by molar-refractivity contribution is -0.0167. The molecule has 124 valence electrons. The molecular formula is C17H29NO3Si. The molecule has 2 unspecified atom stereocenters. The molecule has 5 heteroatoms. The van der Waals surface area contributed by atoms with Gasteiger partial charge in [-0.3, -0.25) is 0 Å². The Kier molecular flexibility index (Phi) is 6.17. The first-order valence-corrected chi connectivity index (χ1v) is 10.1. The van der Waals surface area contributed by atoms with Crippen molar-refractivity contribution in [3.05, 3.63) is 35.9 Å². The van der Waals surface area contributed by atoms with E-state index in [4.69, 9.17) is 19.3 Å². The minimum absolute atomic E-state index is 0.0237. The summed E-state index contributed by atoms with van der Waals surface area (Å²) in [4.78, 5) is 0. The highest BCUT2D eigenvalue weighted by Gasteiger charge is 2.58. The average Bonchev–Trinajstić information content (AvgIpc) is 2.60. The van der Waals surface area contributed by atoms with Gasteiger partial charge in [0.05, 0.1) is 0 Å². The smallest absolute Gasteiger partial charge is 0.370 e. The van der Waals surface area contributed by atoms with Gasteiger partial charge >= 0.3 is 8.56 Å². The van der Waals surface area contributed by atoms with E-state index in [9.17, 15) is 0 Å². The van der Waals surface area contributed by atoms with Crippen LogP contribution in [0.3, 0.4) is 0 Å². The fourth-order valence-corrected chi connectivity index (χ4v) is 7.66. The molecule has 0 aromatic heterocycles. The van der Waals surface area contributed by atoms with E-state index >= 15 is 0 Å². The lowest BCUT2D eigenvalue weighted by Crippen LogP contribution is -2.64. The minimum Gasteiger partial charge on any atom is -0.396 e. The fourth-order valence-electron chi connectivity index (χ4n) is 3.78. The van der Waals surface area contributed by atoms with Gasteiger partial charge in [-0.05, 0) is 30.9 Å². The van der Waals surface area contributed by atoms with E-state index in [0.29, 0.717) is 0 Å². The van der Waals surface area contributed by atoms with Gasteiger partial charge in [0.1, 0.15) is 5.22 Å². The number of rotatable bonds is 7. The summed E-state index contributed by atoms with van der Waals surface area (Å²) >= 11 is 0. The van der Waals surface area contributed by atoms with Crippen molar-refractivity contribution in [2.24, 2.45) is 5.73 Å². The molecule has 0 amide bonds. The molecular weight excluding hydrogens is 294 g/mol. The normalized spacial score (nSPS) is 25.8. The molecule has 0 bridgehead atoms. The molecule has 0 radical (unpaired) electrons. The molecule has 1 aromatic rings. The maximum absolute atomic E-state index is 6.38. The van der Waals surface area contributed by atoms with Crippen LogP contribution < -0.4 is 5.73 Å². The van der Waals surface area contributed by atoms with Gasteiger partial charge in [-0.25, -0.2) is 0 Å². The predicted octanol–water partition coefficient (Wildman–Crippen LogP) is 3.31. The Morgan fingerprint density at radius 2 is 1.82 bits per heavy atom. The SMILES string of the molecule is COC1(CCC(N)c2ccccc2)CCCC[Si]1(OC)OC. The second kappa shape index (κ2) is 7.70. The molecule has 2 atom stereocenters. The van der Waals surface area contributed by atoms with Crippen LogP contribution in [0, 0.1) is 0 Å². The molecule has 2 rings (SSSR count). The summed E-state index contributed by atoms with van der Waals surface area (Å²) in [6.45, 7) is 0. The molecule has 0 saturated carbocycles. The Bertz CT molecular complexity index is 452. The summed E-state index contributed by atoms with van der Waals surface area (Å²) in [6.07, 6.45) is 5.07. The molecule has 1 heterocycles. The van der Waals surface area contributed by atoms with Gasteiger partial charge < -0.3 is 19.3 Å². The van der Waals surface area contributed by atoms with Crippen LogP contribution in [0.1, 0.15) is 43.7 Å². The summed E-state index contributed by atoms with van der Waals surface area (Å²) in [7, 11) is 2.97. The highest BCUT2D eigenvalue weighted by Crippen LogP contribution is 2.43. The zero-order valence-electron chi connectivity index (χ0n) is 14.0. The van der Waals surface area contributed by atoms with Crippen molar-refractivity contribution in [1.82, 2.24) is 0 Å². The van der Waals surface area contributed by atoms with Crippen molar-refractivity contribution in [3.8, 4) is 0 Å². The fraction of sp³-hybridized carbons (Fsp3) is 0.647. The number of ether oxygens (including phenoxy) is 1. The minimum atomic E-state index is -2.36. The van der Waals surface area contributed by atoms with Crippen molar-refractivity contribution in [2.45, 2.75) is 49.4 Å². The summed E-state index contributed by atoms with van der Waals surface area (Å²) in [5.41, 5.74) is 7.55. The number of methoxy groups -OCH3 is 1. The number of benzene rings is 1. The molecule has 1 aliphatic rings. The van der Waals surface area contributed by atoms with E-state index in [0.717, 1.165) is 38.1 Å². The highest BCUT2D eigenvalue weighted by molar-refractivity contribution is 6.70. The molecule has 1 fully saturated rings. The summed E-state index contributed by atoms with van der Waals surface area (Å²) < 4.78 is 17.9. The Balaban J connectivity index is 2.12. The molecule has 1 saturated heterocycles. The van der Waals surface area contributed by atoms with Crippen molar-refractivity contribution in [1.29, 1.82) is 0 Å². The van der Waals surface area contributed by atoms with Gasteiger partial charge in [-0.1, -0.05) is 43.2 Å². The number of hydrogen-bond acceptors (Lipinski definition) is 4. The third kappa shape index (κ3) is 3.28. The molecule has 4 nitrogen and oxygen atoms in total. The van der Waals surface area contributed by atoms with Crippen molar-refractivity contribution in [3.63, 3.8) is 0 Å². The number of nitrogens with two attached hydrogens (primary N) is 1. The van der Waals surface area contributed by atoms with Crippen LogP contribution >= 0.6 is 0 Å². The van der Waals surface area contributed by atoms with Gasteiger partial charge in [-0.15, -0.1) is 0 Å². The predicted molar refractivity (Wildman–Crippen MR) is 90.8 cm³/mol. The van der Waals surface area contributed by atoms with E-state index in [2.05, 4.69) is 12.1 Å². The van der Waals surface area contributed by atoms with Crippen LogP contribution in [-0.4, -0.2) is 35.1 Å². The summed E-state index contributed by atoms with van der Waals surface area (Å²) in [6, 6.07) is 11.3. The Morgan fingerprint density at radius 1 is 1.14 bits per heavy atom. The lowest BCUT2D eigenvalue weighted by Gasteiger charge is -2.48. The molecule has 2 N–H and O–H groups in total. The van der Waals surface area contributed by atoms with E-state index in [1.54, 1.807) is 21.3 Å². The first-order chi connectivity index (χ1) is 10.6. The van der Waals surface area contributed by atoms with E-state index in [-0.39, 0.29) is 11.3 Å². The van der Waals surface area contributed by atoms with Crippen LogP contribution in [0.2, 0.25) is 6.04 Å². The molecule has 1 aromatic carbocycles. The molecule has 22 heavy (non-hydrogen) atoms. The highest BCUT2D eigenvalue weighted by atomic mass is 28.4. The largest absolute Gasteiger partial charge is 0.396 e. The molecule has 1 aliphatic heterocycles. The van der Waals surface area contributed by atoms with E-state index < -0.39 is 8.56 Å². The van der Waals surface area contributed by atoms with Crippen LogP contribution in [0.25, 0.3) is 0 Å². The van der Waals surface area contributed by atoms with Gasteiger partial charge in [0.2, 0.25) is 0 Å². The third-order valence-corrected chi connectivity index (χ3v) is 9.59. The van der Waals surface area contributed by atoms with Crippen LogP contribution in [0.15, 0.2) is 30.3 Å². The van der Waals surface area contributed by atoms with Gasteiger partial charge in [0.25, 0.3) is 0 Å². The van der Waals surface area contributed by atoms with Gasteiger partial charge in [0, 0.05) is 27.4 Å². The summed E-state index contributed by atoms with van der Waals surface area (Å²) in [5.74, 6) is 0. The first-order valence-electron chi connectivity index (χ1n) is 8.09. The Hall–Kier alpha value is -0.723. The second-order valence-electron chi connectivity index (χ2n) is 6.12. The van der Waals surface area contributed by atoms with Gasteiger partial charge in [-0.2, -0.15) is 0 Å².